The van der Waals surface area contributed by atoms with E-state index in [0.29, 0.717) is 43.1 Å². The van der Waals surface area contributed by atoms with E-state index < -0.39 is 22.8 Å². The van der Waals surface area contributed by atoms with Gasteiger partial charge in [0.2, 0.25) is 0 Å². The van der Waals surface area contributed by atoms with Crippen LogP contribution in [0.5, 0.6) is 0 Å². The molecule has 5 fully saturated rings. The van der Waals surface area contributed by atoms with E-state index in [9.17, 15) is 14.4 Å². The molecule has 7 aliphatic rings. The van der Waals surface area contributed by atoms with Crippen molar-refractivity contribution < 1.29 is 28.6 Å². The van der Waals surface area contributed by atoms with Crippen molar-refractivity contribution in [1.29, 1.82) is 0 Å². The lowest BCUT2D eigenvalue weighted by molar-refractivity contribution is -0.230. The highest BCUT2D eigenvalue weighted by molar-refractivity contribution is 6.02. The Kier molecular flexibility index (Phi) is 10.00. The van der Waals surface area contributed by atoms with Crippen LogP contribution in [0.3, 0.4) is 0 Å². The van der Waals surface area contributed by atoms with Crippen LogP contribution in [0.4, 0.5) is 0 Å². The zero-order valence-corrected chi connectivity index (χ0v) is 37.4. The molecule has 0 N–H and O–H groups in total. The molecule has 6 nitrogen and oxygen atoms in total. The largest absolute Gasteiger partial charge is 0.462 e. The summed E-state index contributed by atoms with van der Waals surface area (Å²) in [6.07, 6.45) is 16.1. The van der Waals surface area contributed by atoms with Gasteiger partial charge < -0.3 is 14.2 Å². The Balaban J connectivity index is 1.04. The van der Waals surface area contributed by atoms with Crippen LogP contribution >= 0.6 is 0 Å². The van der Waals surface area contributed by atoms with Crippen molar-refractivity contribution in [2.24, 2.45) is 67.5 Å². The second-order valence-corrected chi connectivity index (χ2v) is 22.5. The maximum atomic E-state index is 14.4. The van der Waals surface area contributed by atoms with Crippen molar-refractivity contribution in [3.05, 3.63) is 71.3 Å². The first kappa shape index (κ1) is 41.6. The highest BCUT2D eigenvalue weighted by atomic mass is 16.6. The summed E-state index contributed by atoms with van der Waals surface area (Å²) < 4.78 is 17.5. The Morgan fingerprint density at radius 3 is 2.02 bits per heavy atom. The van der Waals surface area contributed by atoms with Gasteiger partial charge in [-0.05, 0) is 185 Å². The summed E-state index contributed by atoms with van der Waals surface area (Å²) in [5, 5.41) is 0. The van der Waals surface area contributed by atoms with E-state index in [0.717, 1.165) is 44.1 Å². The number of rotatable bonds is 9. The van der Waals surface area contributed by atoms with Gasteiger partial charge in [0.05, 0.1) is 17.6 Å². The molecule has 58 heavy (non-hydrogen) atoms. The van der Waals surface area contributed by atoms with E-state index in [2.05, 4.69) is 72.4 Å². The number of ether oxygens (including phenoxy) is 3. The average Bonchev–Trinajstić information content (AvgIpc) is 3.52. The zero-order chi connectivity index (χ0) is 41.8. The van der Waals surface area contributed by atoms with Crippen molar-refractivity contribution in [1.82, 2.24) is 0 Å². The number of hydrogen-bond acceptors (Lipinski definition) is 6. The number of hydrogen-bond donors (Lipinski definition) is 0. The molecule has 0 amide bonds. The third-order valence-electron chi connectivity index (χ3n) is 18.4. The van der Waals surface area contributed by atoms with Gasteiger partial charge in [0, 0.05) is 0 Å². The lowest BCUT2D eigenvalue weighted by Crippen LogP contribution is -2.66. The van der Waals surface area contributed by atoms with Crippen molar-refractivity contribution >= 4 is 17.9 Å². The Bertz CT molecular complexity index is 1890. The number of fused-ring (bicyclic) bond motifs is 7. The highest BCUT2D eigenvalue weighted by Gasteiger charge is 2.73. The number of benzene rings is 1. The quantitative estimate of drug-likeness (QED) is 0.107. The van der Waals surface area contributed by atoms with Crippen molar-refractivity contribution in [3.8, 4) is 0 Å². The Morgan fingerprint density at radius 1 is 0.776 bits per heavy atom. The molecule has 5 saturated carbocycles. The summed E-state index contributed by atoms with van der Waals surface area (Å²) in [6.45, 7) is 27.4. The maximum Gasteiger partial charge on any atom is 0.323 e. The molecule has 316 valence electrons. The molecule has 1 aromatic rings. The molecule has 9 atom stereocenters. The molecule has 1 aromatic carbocycles. The minimum atomic E-state index is -1.21. The van der Waals surface area contributed by atoms with Crippen LogP contribution in [0.1, 0.15) is 152 Å². The number of allylic oxidation sites excluding steroid dienone is 5. The molecule has 0 unspecified atom stereocenters. The summed E-state index contributed by atoms with van der Waals surface area (Å²) in [4.78, 5) is 41.2. The topological polar surface area (TPSA) is 78.9 Å². The fraction of sp³-hybridized carbons (Fsp3) is 0.712. The van der Waals surface area contributed by atoms with Gasteiger partial charge in [0.1, 0.15) is 6.61 Å². The molecule has 7 aliphatic carbocycles. The van der Waals surface area contributed by atoms with Crippen LogP contribution < -0.4 is 0 Å². The molecule has 8 rings (SSSR count). The molecule has 1 spiro atoms. The Labute approximate surface area is 349 Å². The third kappa shape index (κ3) is 5.93. The van der Waals surface area contributed by atoms with Gasteiger partial charge in [-0.2, -0.15) is 0 Å². The normalized spacial score (nSPS) is 38.7. The summed E-state index contributed by atoms with van der Waals surface area (Å²) in [6, 6.07) is 10.1. The number of esters is 3. The van der Waals surface area contributed by atoms with Gasteiger partial charge >= 0.3 is 17.9 Å². The maximum absolute atomic E-state index is 14.4. The second-order valence-electron chi connectivity index (χ2n) is 22.5. The zero-order valence-electron chi connectivity index (χ0n) is 37.4. The summed E-state index contributed by atoms with van der Waals surface area (Å²) in [5.74, 6) is 1.45. The van der Waals surface area contributed by atoms with Gasteiger partial charge in [-0.3, -0.25) is 14.4 Å². The Morgan fingerprint density at radius 2 is 1.41 bits per heavy atom. The van der Waals surface area contributed by atoms with E-state index in [1.165, 1.54) is 42.4 Å². The minimum Gasteiger partial charge on any atom is -0.462 e. The molecule has 0 aromatic heterocycles. The number of carbonyl (C=O) groups is 3. The predicted molar refractivity (Wildman–Crippen MR) is 228 cm³/mol. The van der Waals surface area contributed by atoms with E-state index in [1.54, 1.807) is 0 Å². The summed E-state index contributed by atoms with van der Waals surface area (Å²) in [5.41, 5.74) is 3.91. The summed E-state index contributed by atoms with van der Waals surface area (Å²) >= 11 is 0. The summed E-state index contributed by atoms with van der Waals surface area (Å²) in [7, 11) is 0. The van der Waals surface area contributed by atoms with Crippen LogP contribution in [-0.4, -0.2) is 30.1 Å². The lowest BCUT2D eigenvalue weighted by Gasteiger charge is -2.72. The predicted octanol–water partition coefficient (Wildman–Crippen LogP) is 11.9. The SMILES string of the molecule is C=C(C)[C@@H]1CC[C@]2(C(=O)OCc3ccccc3)CC[C@]3(C)[C@H](CC[C@@H]4[C@@]5(C)CC=C(C6=CC7(C6)CC(C(=O)OC(C)C)(C(=O)OC(C)C)C7)C(C)(C)[C@@H]5CC[C@]43C)[C@@H]12. The van der Waals surface area contributed by atoms with Crippen LogP contribution in [0.15, 0.2) is 65.8 Å². The highest BCUT2D eigenvalue weighted by Crippen LogP contribution is 2.78. The van der Waals surface area contributed by atoms with Gasteiger partial charge in [0.25, 0.3) is 0 Å². The standard InChI is InChI=1S/C52H72O6/c1-32(2)37-19-24-51(43(53)56-29-35-15-13-12-14-16-35)26-25-48(10)39(42(37)51)17-18-41-47(9)22-20-38(46(7,8)40(47)21-23-49(41,48)11)36-27-50(28-36)30-52(31-50,44(54)57-33(3)4)45(55)58-34(5)6/h12-16,20,27,33-34,37,39-42H,1,17-19,21-26,28-31H2,2-11H3/t37-,39+,40-,41+,42+,47-,48+,49+,51-/m0/s1. The molecular formula is C52H72O6. The van der Waals surface area contributed by atoms with E-state index in [4.69, 9.17) is 14.2 Å². The van der Waals surface area contributed by atoms with E-state index >= 15 is 0 Å². The van der Waals surface area contributed by atoms with Crippen LogP contribution in [0.2, 0.25) is 0 Å². The third-order valence-corrected chi connectivity index (χ3v) is 18.4. The van der Waals surface area contributed by atoms with E-state index in [-0.39, 0.29) is 51.2 Å². The minimum absolute atomic E-state index is 0.00817. The van der Waals surface area contributed by atoms with Gasteiger partial charge in [-0.1, -0.05) is 89.3 Å². The van der Waals surface area contributed by atoms with E-state index in [1.807, 2.05) is 45.9 Å². The fourth-order valence-electron chi connectivity index (χ4n) is 15.8. The van der Waals surface area contributed by atoms with Crippen LogP contribution in [0, 0.1) is 67.5 Å². The van der Waals surface area contributed by atoms with Crippen LogP contribution in [0.25, 0.3) is 0 Å². The molecular weight excluding hydrogens is 721 g/mol. The molecule has 0 aliphatic heterocycles. The van der Waals surface area contributed by atoms with Crippen molar-refractivity contribution in [2.45, 2.75) is 165 Å². The molecule has 0 radical (unpaired) electrons. The van der Waals surface area contributed by atoms with Gasteiger partial charge in [0.15, 0.2) is 5.41 Å². The Hall–Kier alpha value is -3.15. The molecule has 6 heteroatoms. The first-order valence-corrected chi connectivity index (χ1v) is 22.9. The molecule has 0 saturated heterocycles. The molecule has 0 bridgehead atoms. The smallest absolute Gasteiger partial charge is 0.323 e. The van der Waals surface area contributed by atoms with Crippen LogP contribution in [-0.2, 0) is 35.2 Å². The average molecular weight is 793 g/mol. The fourth-order valence-corrected chi connectivity index (χ4v) is 15.8. The van der Waals surface area contributed by atoms with Gasteiger partial charge in [-0.25, -0.2) is 0 Å². The monoisotopic (exact) mass is 793 g/mol. The first-order valence-electron chi connectivity index (χ1n) is 22.9. The second kappa shape index (κ2) is 13.9. The van der Waals surface area contributed by atoms with Gasteiger partial charge in [-0.15, -0.1) is 0 Å². The first-order chi connectivity index (χ1) is 27.2. The molecule has 0 heterocycles. The van der Waals surface area contributed by atoms with Crippen molar-refractivity contribution in [3.63, 3.8) is 0 Å². The van der Waals surface area contributed by atoms with Crippen molar-refractivity contribution in [2.75, 3.05) is 0 Å². The lowest BCUT2D eigenvalue weighted by atomic mass is 9.32. The number of carbonyl (C=O) groups excluding carboxylic acids is 3.